The predicted molar refractivity (Wildman–Crippen MR) is 115 cm³/mol. The van der Waals surface area contributed by atoms with Crippen LogP contribution in [0, 0.1) is 0 Å². The van der Waals surface area contributed by atoms with Crippen LogP contribution >= 0.6 is 19.2 Å². The summed E-state index contributed by atoms with van der Waals surface area (Å²) in [6, 6.07) is 19.9. The standard InChI is InChI=1S/C22H22ClO5P/c1-25-19-8-5-16(6-9-19)22-14-18(23)7-4-17(22)15-29(24,27-3)28-21-12-10-20(26-2)11-13-21/h4-14H,15H2,1-3H3. The summed E-state index contributed by atoms with van der Waals surface area (Å²) < 4.78 is 34.7. The van der Waals surface area contributed by atoms with E-state index in [0.717, 1.165) is 22.4 Å². The van der Waals surface area contributed by atoms with Crippen molar-refractivity contribution >= 4 is 19.2 Å². The molecular formula is C22H22ClO5P. The Hall–Kier alpha value is -2.46. The molecule has 152 valence electrons. The molecule has 0 N–H and O–H groups in total. The molecule has 0 heterocycles. The van der Waals surface area contributed by atoms with Gasteiger partial charge in [0.2, 0.25) is 0 Å². The number of benzene rings is 3. The molecule has 0 spiro atoms. The van der Waals surface area contributed by atoms with Gasteiger partial charge in [-0.05, 0) is 65.2 Å². The fourth-order valence-electron chi connectivity index (χ4n) is 2.87. The van der Waals surface area contributed by atoms with Crippen LogP contribution in [-0.4, -0.2) is 21.3 Å². The van der Waals surface area contributed by atoms with E-state index in [0.29, 0.717) is 16.5 Å². The van der Waals surface area contributed by atoms with Crippen molar-refractivity contribution in [1.29, 1.82) is 0 Å². The van der Waals surface area contributed by atoms with E-state index in [1.807, 2.05) is 36.4 Å². The van der Waals surface area contributed by atoms with E-state index >= 15 is 0 Å². The van der Waals surface area contributed by atoms with E-state index in [2.05, 4.69) is 0 Å². The van der Waals surface area contributed by atoms with Gasteiger partial charge >= 0.3 is 7.60 Å². The van der Waals surface area contributed by atoms with Gasteiger partial charge in [0.05, 0.1) is 20.4 Å². The Kier molecular flexibility index (Phi) is 6.86. The van der Waals surface area contributed by atoms with Gasteiger partial charge in [-0.15, -0.1) is 0 Å². The Morgan fingerprint density at radius 2 is 1.34 bits per heavy atom. The van der Waals surface area contributed by atoms with Gasteiger partial charge in [0, 0.05) is 12.1 Å². The number of halogens is 1. The first-order chi connectivity index (χ1) is 14.0. The zero-order chi connectivity index (χ0) is 20.9. The molecule has 7 heteroatoms. The molecule has 0 bridgehead atoms. The number of rotatable bonds is 8. The molecule has 0 aliphatic rings. The molecule has 1 atom stereocenters. The number of ether oxygens (including phenoxy) is 2. The van der Waals surface area contributed by atoms with Crippen LogP contribution < -0.4 is 14.0 Å². The van der Waals surface area contributed by atoms with E-state index in [4.69, 9.17) is 30.1 Å². The monoisotopic (exact) mass is 432 g/mol. The second-order valence-corrected chi connectivity index (χ2v) is 8.77. The molecule has 0 saturated carbocycles. The van der Waals surface area contributed by atoms with E-state index in [-0.39, 0.29) is 6.16 Å². The zero-order valence-corrected chi connectivity index (χ0v) is 18.1. The maximum absolute atomic E-state index is 13.3. The van der Waals surface area contributed by atoms with E-state index in [1.54, 1.807) is 44.6 Å². The van der Waals surface area contributed by atoms with Crippen molar-refractivity contribution < 1.29 is 23.1 Å². The van der Waals surface area contributed by atoms with Crippen molar-refractivity contribution in [1.82, 2.24) is 0 Å². The van der Waals surface area contributed by atoms with Crippen LogP contribution in [0.25, 0.3) is 11.1 Å². The van der Waals surface area contributed by atoms with Crippen molar-refractivity contribution in [2.75, 3.05) is 21.3 Å². The summed E-state index contributed by atoms with van der Waals surface area (Å²) in [5.41, 5.74) is 2.59. The van der Waals surface area contributed by atoms with Crippen LogP contribution in [0.1, 0.15) is 5.56 Å². The highest BCUT2D eigenvalue weighted by atomic mass is 35.5. The Bertz CT molecular complexity index is 1000. The van der Waals surface area contributed by atoms with Crippen LogP contribution in [0.4, 0.5) is 0 Å². The molecule has 3 aromatic rings. The molecule has 0 radical (unpaired) electrons. The van der Waals surface area contributed by atoms with Crippen molar-refractivity contribution in [2.24, 2.45) is 0 Å². The van der Waals surface area contributed by atoms with E-state index < -0.39 is 7.60 Å². The minimum Gasteiger partial charge on any atom is -0.497 e. The maximum Gasteiger partial charge on any atom is 0.383 e. The van der Waals surface area contributed by atoms with Crippen molar-refractivity contribution in [3.63, 3.8) is 0 Å². The highest BCUT2D eigenvalue weighted by Gasteiger charge is 2.27. The van der Waals surface area contributed by atoms with Gasteiger partial charge in [-0.2, -0.15) is 0 Å². The molecule has 0 amide bonds. The number of hydrogen-bond donors (Lipinski definition) is 0. The largest absolute Gasteiger partial charge is 0.497 e. The lowest BCUT2D eigenvalue weighted by atomic mass is 10.0. The lowest BCUT2D eigenvalue weighted by Gasteiger charge is -2.19. The zero-order valence-electron chi connectivity index (χ0n) is 16.4. The smallest absolute Gasteiger partial charge is 0.383 e. The summed E-state index contributed by atoms with van der Waals surface area (Å²) in [5, 5.41) is 0.586. The molecule has 0 fully saturated rings. The summed E-state index contributed by atoms with van der Waals surface area (Å²) in [7, 11) is 1.12. The lowest BCUT2D eigenvalue weighted by molar-refractivity contribution is 0.320. The molecule has 0 aliphatic heterocycles. The first-order valence-corrected chi connectivity index (χ1v) is 11.0. The van der Waals surface area contributed by atoms with Gasteiger partial charge < -0.3 is 18.5 Å². The molecule has 0 aromatic heterocycles. The SMILES string of the molecule is COc1ccc(OP(=O)(Cc2ccc(Cl)cc2-c2ccc(OC)cc2)OC)cc1. The average Bonchev–Trinajstić information content (AvgIpc) is 2.75. The Balaban J connectivity index is 1.90. The first-order valence-electron chi connectivity index (χ1n) is 8.87. The fourth-order valence-corrected chi connectivity index (χ4v) is 4.44. The first kappa shape index (κ1) is 21.3. The minimum atomic E-state index is -3.45. The Labute approximate surface area is 175 Å². The van der Waals surface area contributed by atoms with Gasteiger partial charge in [0.25, 0.3) is 0 Å². The quantitative estimate of drug-likeness (QED) is 0.383. The molecule has 5 nitrogen and oxygen atoms in total. The molecule has 29 heavy (non-hydrogen) atoms. The van der Waals surface area contributed by atoms with E-state index in [9.17, 15) is 4.57 Å². The van der Waals surface area contributed by atoms with Gasteiger partial charge in [0.1, 0.15) is 17.2 Å². The van der Waals surface area contributed by atoms with Crippen molar-refractivity contribution in [2.45, 2.75) is 6.16 Å². The third-order valence-electron chi connectivity index (χ3n) is 4.42. The fraction of sp³-hybridized carbons (Fsp3) is 0.182. The summed E-state index contributed by atoms with van der Waals surface area (Å²) in [4.78, 5) is 0. The summed E-state index contributed by atoms with van der Waals surface area (Å²) in [6.45, 7) is 0. The molecule has 3 rings (SSSR count). The predicted octanol–water partition coefficient (Wildman–Crippen LogP) is 6.44. The van der Waals surface area contributed by atoms with Gasteiger partial charge in [-0.3, -0.25) is 0 Å². The average molecular weight is 433 g/mol. The molecule has 0 saturated heterocycles. The third kappa shape index (κ3) is 5.33. The normalized spacial score (nSPS) is 12.8. The van der Waals surface area contributed by atoms with Gasteiger partial charge in [-0.25, -0.2) is 4.57 Å². The molecular weight excluding hydrogens is 411 g/mol. The third-order valence-corrected chi connectivity index (χ3v) is 6.43. The topological polar surface area (TPSA) is 54.0 Å². The van der Waals surface area contributed by atoms with Crippen LogP contribution in [0.15, 0.2) is 66.7 Å². The number of methoxy groups -OCH3 is 2. The van der Waals surface area contributed by atoms with Crippen LogP contribution in [0.5, 0.6) is 17.2 Å². The van der Waals surface area contributed by atoms with Crippen LogP contribution in [0.3, 0.4) is 0 Å². The summed E-state index contributed by atoms with van der Waals surface area (Å²) >= 11 is 6.22. The van der Waals surface area contributed by atoms with Gasteiger partial charge in [0.15, 0.2) is 0 Å². The maximum atomic E-state index is 13.3. The second-order valence-electron chi connectivity index (χ2n) is 6.25. The highest BCUT2D eigenvalue weighted by molar-refractivity contribution is 7.53. The second kappa shape index (κ2) is 9.36. The van der Waals surface area contributed by atoms with E-state index in [1.165, 1.54) is 7.11 Å². The molecule has 3 aromatic carbocycles. The number of hydrogen-bond acceptors (Lipinski definition) is 5. The summed E-state index contributed by atoms with van der Waals surface area (Å²) in [5.74, 6) is 1.88. The van der Waals surface area contributed by atoms with Crippen molar-refractivity contribution in [3.05, 3.63) is 77.3 Å². The molecule has 1 unspecified atom stereocenters. The Morgan fingerprint density at radius 3 is 1.90 bits per heavy atom. The Morgan fingerprint density at radius 1 is 0.793 bits per heavy atom. The molecule has 0 aliphatic carbocycles. The summed E-state index contributed by atoms with van der Waals surface area (Å²) in [6.07, 6.45) is 0.0913. The van der Waals surface area contributed by atoms with Gasteiger partial charge in [-0.1, -0.05) is 29.8 Å². The van der Waals surface area contributed by atoms with Crippen LogP contribution in [0.2, 0.25) is 5.02 Å². The lowest BCUT2D eigenvalue weighted by Crippen LogP contribution is -2.01. The van der Waals surface area contributed by atoms with Crippen molar-refractivity contribution in [3.8, 4) is 28.4 Å². The highest BCUT2D eigenvalue weighted by Crippen LogP contribution is 2.52. The minimum absolute atomic E-state index is 0.0913. The van der Waals surface area contributed by atoms with Crippen LogP contribution in [-0.2, 0) is 15.3 Å².